The van der Waals surface area contributed by atoms with Crippen LogP contribution >= 0.6 is 11.6 Å². The molecule has 0 radical (unpaired) electrons. The largest absolute Gasteiger partial charge is 0.305 e. The highest BCUT2D eigenvalue weighted by Gasteiger charge is 1.55. The van der Waals surface area contributed by atoms with Crippen molar-refractivity contribution in [3.05, 3.63) is 0 Å². The predicted molar refractivity (Wildman–Crippen MR) is 19.8 cm³/mol. The molecule has 0 spiro atoms. The van der Waals surface area contributed by atoms with E-state index >= 15 is 0 Å². The fraction of sp³-hybridized carbons (Fsp3) is 1.00. The van der Waals surface area contributed by atoms with Gasteiger partial charge in [-0.05, 0) is 0 Å². The lowest BCUT2D eigenvalue weighted by molar-refractivity contribution is 0.999. The Hall–Kier alpha value is -0.310. The fourth-order valence-electron chi connectivity index (χ4n) is 0.0309. The van der Waals surface area contributed by atoms with Crippen LogP contribution < -0.4 is 5.84 Å². The average Bonchev–Trinajstić information content (AvgIpc) is 1.41. The van der Waals surface area contributed by atoms with Gasteiger partial charge < -0.3 is 5.84 Å². The van der Waals surface area contributed by atoms with Crippen LogP contribution in [0.3, 0.4) is 0 Å². The van der Waals surface area contributed by atoms with Gasteiger partial charge in [0.15, 0.2) is 0 Å². The second-order valence-electron chi connectivity index (χ2n) is 0.376. The van der Waals surface area contributed by atoms with E-state index in [1.54, 1.807) is 0 Å². The summed E-state index contributed by atoms with van der Waals surface area (Å²) in [4.78, 5) is 0. The average molecular weight is 93.5 g/mol. The number of nitrogens with two attached hydrogens (primary N) is 1. The topological polar surface area (TPSA) is 50.7 Å². The quantitative estimate of drug-likeness (QED) is 0.166. The number of halogens is 1. The molecule has 0 fully saturated rings. The summed E-state index contributed by atoms with van der Waals surface area (Å²) in [5.41, 5.74) is 0. The zero-order chi connectivity index (χ0) is 4.12. The van der Waals surface area contributed by atoms with E-state index in [0.29, 0.717) is 0 Å². The molecular formula is CH4ClN3. The molecular weight excluding hydrogens is 89.5 g/mol. The van der Waals surface area contributed by atoms with Crippen LogP contribution in [-0.2, 0) is 0 Å². The van der Waals surface area contributed by atoms with E-state index in [1.807, 2.05) is 0 Å². The van der Waals surface area contributed by atoms with Gasteiger partial charge >= 0.3 is 0 Å². The summed E-state index contributed by atoms with van der Waals surface area (Å²) in [6.45, 7) is 0. The van der Waals surface area contributed by atoms with Gasteiger partial charge in [-0.3, -0.25) is 0 Å². The molecule has 0 aromatic heterocycles. The van der Waals surface area contributed by atoms with Crippen LogP contribution in [-0.4, -0.2) is 6.00 Å². The monoisotopic (exact) mass is 93.0 g/mol. The van der Waals surface area contributed by atoms with E-state index in [0.717, 1.165) is 0 Å². The number of rotatable bonds is 1. The van der Waals surface area contributed by atoms with Crippen LogP contribution in [0.5, 0.6) is 0 Å². The first kappa shape index (κ1) is 4.69. The first-order valence-corrected chi connectivity index (χ1v) is 1.58. The van der Waals surface area contributed by atoms with Crippen LogP contribution in [0.2, 0.25) is 0 Å². The summed E-state index contributed by atoms with van der Waals surface area (Å²) in [5.74, 6) is 4.51. The highest BCUT2D eigenvalue weighted by Crippen LogP contribution is 1.71. The third kappa shape index (κ3) is 3.69. The van der Waals surface area contributed by atoms with Crippen LogP contribution in [0.25, 0.3) is 0 Å². The van der Waals surface area contributed by atoms with E-state index in [9.17, 15) is 0 Å². The summed E-state index contributed by atoms with van der Waals surface area (Å²) < 4.78 is 0. The van der Waals surface area contributed by atoms with Crippen LogP contribution in [0, 0.1) is 0 Å². The summed E-state index contributed by atoms with van der Waals surface area (Å²) in [5, 5.41) is 5.99. The third-order valence-electron chi connectivity index (χ3n) is 0.135. The van der Waals surface area contributed by atoms with Gasteiger partial charge in [0.2, 0.25) is 0 Å². The van der Waals surface area contributed by atoms with Gasteiger partial charge in [0, 0.05) is 0 Å². The van der Waals surface area contributed by atoms with E-state index in [4.69, 9.17) is 11.6 Å². The Bertz CT molecular complexity index is 33.9. The van der Waals surface area contributed by atoms with E-state index in [2.05, 4.69) is 16.2 Å². The lowest BCUT2D eigenvalue weighted by Crippen LogP contribution is -1.73. The number of hydrogen-bond acceptors (Lipinski definition) is 2. The van der Waals surface area contributed by atoms with Gasteiger partial charge in [-0.1, -0.05) is 16.8 Å². The van der Waals surface area contributed by atoms with Crippen LogP contribution in [0.15, 0.2) is 10.3 Å². The normalized spacial score (nSPS) is 9.80. The molecule has 3 nitrogen and oxygen atoms in total. The maximum Gasteiger partial charge on any atom is 0.136 e. The van der Waals surface area contributed by atoms with Gasteiger partial charge in [0.1, 0.15) is 6.00 Å². The van der Waals surface area contributed by atoms with Crippen molar-refractivity contribution in [1.82, 2.24) is 0 Å². The smallest absolute Gasteiger partial charge is 0.136 e. The van der Waals surface area contributed by atoms with Crippen LogP contribution in [0.4, 0.5) is 0 Å². The molecule has 2 N–H and O–H groups in total. The maximum absolute atomic E-state index is 4.96. The summed E-state index contributed by atoms with van der Waals surface area (Å²) in [6.07, 6.45) is 0. The first-order valence-electron chi connectivity index (χ1n) is 1.04. The van der Waals surface area contributed by atoms with Crippen LogP contribution in [0.1, 0.15) is 0 Å². The molecule has 0 rings (SSSR count). The first-order chi connectivity index (χ1) is 2.41. The van der Waals surface area contributed by atoms with Crippen molar-refractivity contribution in [3.63, 3.8) is 0 Å². The highest BCUT2D eigenvalue weighted by atomic mass is 35.5. The Morgan fingerprint density at radius 1 is 1.80 bits per heavy atom. The van der Waals surface area contributed by atoms with Crippen molar-refractivity contribution in [2.45, 2.75) is 0 Å². The Morgan fingerprint density at radius 3 is 2.40 bits per heavy atom. The van der Waals surface area contributed by atoms with Gasteiger partial charge in [0.05, 0.1) is 0 Å². The van der Waals surface area contributed by atoms with E-state index in [1.165, 1.54) is 0 Å². The molecule has 0 saturated carbocycles. The van der Waals surface area contributed by atoms with Crippen molar-refractivity contribution < 1.29 is 0 Å². The Morgan fingerprint density at radius 2 is 2.40 bits per heavy atom. The fourth-order valence-corrected chi connectivity index (χ4v) is 0.0926. The second-order valence-corrected chi connectivity index (χ2v) is 0.615. The van der Waals surface area contributed by atoms with Crippen molar-refractivity contribution in [3.8, 4) is 0 Å². The Balaban J connectivity index is 2.62. The maximum atomic E-state index is 4.96. The molecule has 0 heterocycles. The van der Waals surface area contributed by atoms with Gasteiger partial charge in [-0.2, -0.15) is 5.11 Å². The van der Waals surface area contributed by atoms with Gasteiger partial charge in [-0.25, -0.2) is 0 Å². The molecule has 0 amide bonds. The molecule has 4 heteroatoms. The summed E-state index contributed by atoms with van der Waals surface area (Å²) >= 11 is 4.96. The van der Waals surface area contributed by atoms with Crippen molar-refractivity contribution in [2.75, 3.05) is 6.00 Å². The minimum Gasteiger partial charge on any atom is -0.305 e. The molecule has 30 valence electrons. The Kier molecular flexibility index (Phi) is 3.46. The molecule has 0 aliphatic heterocycles. The zero-order valence-corrected chi connectivity index (χ0v) is 3.31. The molecule has 0 aromatic rings. The number of hydrogen-bond donors (Lipinski definition) is 1. The third-order valence-corrected chi connectivity index (χ3v) is 0.242. The minimum absolute atomic E-state index is 0.149. The predicted octanol–water partition coefficient (Wildman–Crippen LogP) is 0.509. The van der Waals surface area contributed by atoms with E-state index < -0.39 is 0 Å². The van der Waals surface area contributed by atoms with Crippen molar-refractivity contribution in [2.24, 2.45) is 16.2 Å². The second kappa shape index (κ2) is 3.69. The van der Waals surface area contributed by atoms with Gasteiger partial charge in [0.25, 0.3) is 0 Å². The molecule has 0 atom stereocenters. The molecule has 5 heavy (non-hydrogen) atoms. The molecule has 0 unspecified atom stereocenters. The number of nitrogens with zero attached hydrogens (tertiary/aromatic N) is 2. The standard InChI is InChI=1S/CH4ClN3/c2-1-4-5-3/h1H2,(H2,3,4). The zero-order valence-electron chi connectivity index (χ0n) is 2.56. The van der Waals surface area contributed by atoms with E-state index in [-0.39, 0.29) is 6.00 Å². The summed E-state index contributed by atoms with van der Waals surface area (Å²) in [7, 11) is 0. The lowest BCUT2D eigenvalue weighted by Gasteiger charge is -1.65. The minimum atomic E-state index is 0.149. The van der Waals surface area contributed by atoms with Gasteiger partial charge in [-0.15, -0.1) is 0 Å². The SMILES string of the molecule is NN=NCCl. The number of alkyl halides is 1. The Labute approximate surface area is 34.8 Å². The lowest BCUT2D eigenvalue weighted by atomic mass is 11.5. The summed E-state index contributed by atoms with van der Waals surface area (Å²) in [6, 6.07) is 0.149. The highest BCUT2D eigenvalue weighted by molar-refractivity contribution is 6.17. The molecule has 0 saturated heterocycles. The molecule has 0 aliphatic carbocycles. The molecule has 0 aromatic carbocycles. The molecule has 0 aliphatic rings. The van der Waals surface area contributed by atoms with Crippen molar-refractivity contribution in [1.29, 1.82) is 0 Å². The molecule has 0 bridgehead atoms. The van der Waals surface area contributed by atoms with Crippen molar-refractivity contribution >= 4 is 11.6 Å².